The lowest BCUT2D eigenvalue weighted by atomic mass is 9.93. The number of nitrogens with zero attached hydrogens (tertiary/aromatic N) is 4. The van der Waals surface area contributed by atoms with Gasteiger partial charge in [-0.3, -0.25) is 4.40 Å². The second-order valence-electron chi connectivity index (χ2n) is 6.80. The lowest BCUT2D eigenvalue weighted by Crippen LogP contribution is -2.42. The highest BCUT2D eigenvalue weighted by Gasteiger charge is 2.38. The Morgan fingerprint density at radius 1 is 1.33 bits per heavy atom. The van der Waals surface area contributed by atoms with Gasteiger partial charge in [-0.1, -0.05) is 13.3 Å². The third-order valence-corrected chi connectivity index (χ3v) is 5.11. The molecular formula is C17H19F3N6O. The van der Waals surface area contributed by atoms with E-state index in [0.717, 1.165) is 28.9 Å². The van der Waals surface area contributed by atoms with E-state index < -0.39 is 18.8 Å². The molecule has 7 nitrogen and oxygen atoms in total. The molecule has 1 unspecified atom stereocenters. The van der Waals surface area contributed by atoms with E-state index in [0.29, 0.717) is 13.1 Å². The van der Waals surface area contributed by atoms with Crippen molar-refractivity contribution in [1.29, 1.82) is 0 Å². The SMILES string of the molecule is CCC1CN(C(=O)NCC(F)(F)F)C[C@@H]1c1ncc2cnc3[nH]ccc3n12. The fourth-order valence-electron chi connectivity index (χ4n) is 3.79. The zero-order chi connectivity index (χ0) is 19.2. The molecule has 27 heavy (non-hydrogen) atoms. The molecular weight excluding hydrogens is 361 g/mol. The molecule has 1 fully saturated rings. The van der Waals surface area contributed by atoms with Gasteiger partial charge in [-0.15, -0.1) is 0 Å². The van der Waals surface area contributed by atoms with Crippen LogP contribution in [0.1, 0.15) is 25.1 Å². The zero-order valence-electron chi connectivity index (χ0n) is 14.6. The average Bonchev–Trinajstić information content (AvgIpc) is 3.33. The van der Waals surface area contributed by atoms with Crippen molar-refractivity contribution in [3.05, 3.63) is 30.5 Å². The smallest absolute Gasteiger partial charge is 0.345 e. The molecule has 144 valence electrons. The number of fused-ring (bicyclic) bond motifs is 3. The topological polar surface area (TPSA) is 78.3 Å². The lowest BCUT2D eigenvalue weighted by molar-refractivity contribution is -0.123. The largest absolute Gasteiger partial charge is 0.405 e. The van der Waals surface area contributed by atoms with Crippen molar-refractivity contribution in [3.63, 3.8) is 0 Å². The van der Waals surface area contributed by atoms with Crippen LogP contribution in [0.3, 0.4) is 0 Å². The number of imidazole rings is 1. The van der Waals surface area contributed by atoms with Crippen molar-refractivity contribution in [3.8, 4) is 0 Å². The third kappa shape index (κ3) is 3.19. The number of rotatable bonds is 3. The molecule has 0 aromatic carbocycles. The summed E-state index contributed by atoms with van der Waals surface area (Å²) >= 11 is 0. The third-order valence-electron chi connectivity index (χ3n) is 5.11. The monoisotopic (exact) mass is 380 g/mol. The van der Waals surface area contributed by atoms with Crippen LogP contribution in [0.4, 0.5) is 18.0 Å². The predicted octanol–water partition coefficient (Wildman–Crippen LogP) is 2.91. The molecule has 0 bridgehead atoms. The van der Waals surface area contributed by atoms with E-state index in [9.17, 15) is 18.0 Å². The Morgan fingerprint density at radius 3 is 2.85 bits per heavy atom. The van der Waals surface area contributed by atoms with Crippen molar-refractivity contribution in [2.45, 2.75) is 25.4 Å². The Balaban J connectivity index is 1.63. The number of amides is 2. The molecule has 0 aliphatic carbocycles. The van der Waals surface area contributed by atoms with Gasteiger partial charge in [0.25, 0.3) is 0 Å². The number of urea groups is 1. The Morgan fingerprint density at radius 2 is 2.11 bits per heavy atom. The number of hydrogen-bond donors (Lipinski definition) is 2. The Bertz CT molecular complexity index is 978. The molecule has 2 atom stereocenters. The van der Waals surface area contributed by atoms with Crippen LogP contribution >= 0.6 is 0 Å². The van der Waals surface area contributed by atoms with Crippen LogP contribution in [0.25, 0.3) is 16.7 Å². The van der Waals surface area contributed by atoms with Crippen LogP contribution in [0.5, 0.6) is 0 Å². The summed E-state index contributed by atoms with van der Waals surface area (Å²) in [5, 5.41) is 1.96. The normalized spacial score (nSPS) is 20.7. The lowest BCUT2D eigenvalue weighted by Gasteiger charge is -2.18. The molecule has 10 heteroatoms. The van der Waals surface area contributed by atoms with E-state index in [1.165, 1.54) is 4.90 Å². The number of hydrogen-bond acceptors (Lipinski definition) is 3. The summed E-state index contributed by atoms with van der Waals surface area (Å²) in [5.74, 6) is 0.860. The van der Waals surface area contributed by atoms with Gasteiger partial charge in [0, 0.05) is 25.2 Å². The van der Waals surface area contributed by atoms with Gasteiger partial charge in [0.15, 0.2) is 5.65 Å². The summed E-state index contributed by atoms with van der Waals surface area (Å²) in [6.07, 6.45) is 1.62. The minimum absolute atomic E-state index is 0.0605. The molecule has 0 radical (unpaired) electrons. The molecule has 4 heterocycles. The van der Waals surface area contributed by atoms with Crippen molar-refractivity contribution in [2.24, 2.45) is 5.92 Å². The summed E-state index contributed by atoms with van der Waals surface area (Å²) in [6, 6.07) is 1.21. The number of nitrogens with one attached hydrogen (secondary N) is 2. The van der Waals surface area contributed by atoms with E-state index in [2.05, 4.69) is 15.0 Å². The first kappa shape index (κ1) is 17.6. The standard InChI is InChI=1S/C17H19F3N6O/c1-2-10-7-25(16(27)24-9-17(18,19)20)8-12(10)15-23-6-11-5-22-14-13(26(11)15)3-4-21-14/h3-6,10,12,21H,2,7-9H2,1H3,(H,24,27)/t10?,12-/m0/s1. The van der Waals surface area contributed by atoms with Gasteiger partial charge in [-0.2, -0.15) is 13.2 Å². The van der Waals surface area contributed by atoms with E-state index in [1.807, 2.05) is 22.7 Å². The first-order valence-corrected chi connectivity index (χ1v) is 8.76. The number of aromatic amines is 1. The van der Waals surface area contributed by atoms with Crippen molar-refractivity contribution >= 4 is 22.7 Å². The maximum atomic E-state index is 12.4. The summed E-state index contributed by atoms with van der Waals surface area (Å²) < 4.78 is 39.2. The first-order chi connectivity index (χ1) is 12.9. The number of carbonyl (C=O) groups excluding carboxylic acids is 1. The van der Waals surface area contributed by atoms with Crippen molar-refractivity contribution in [1.82, 2.24) is 29.6 Å². The highest BCUT2D eigenvalue weighted by Crippen LogP contribution is 2.35. The first-order valence-electron chi connectivity index (χ1n) is 8.76. The number of likely N-dealkylation sites (tertiary alicyclic amines) is 1. The van der Waals surface area contributed by atoms with E-state index in [-0.39, 0.29) is 11.8 Å². The van der Waals surface area contributed by atoms with E-state index in [4.69, 9.17) is 0 Å². The maximum Gasteiger partial charge on any atom is 0.405 e. The summed E-state index contributed by atoms with van der Waals surface area (Å²) in [6.45, 7) is 1.42. The quantitative estimate of drug-likeness (QED) is 0.733. The molecule has 0 saturated carbocycles. The van der Waals surface area contributed by atoms with E-state index in [1.54, 1.807) is 18.6 Å². The molecule has 1 aliphatic rings. The zero-order valence-corrected chi connectivity index (χ0v) is 14.6. The van der Waals surface area contributed by atoms with Crippen molar-refractivity contribution < 1.29 is 18.0 Å². The van der Waals surface area contributed by atoms with Gasteiger partial charge in [-0.05, 0) is 12.0 Å². The maximum absolute atomic E-state index is 12.4. The van der Waals surface area contributed by atoms with Crippen LogP contribution in [-0.4, -0.2) is 56.1 Å². The highest BCUT2D eigenvalue weighted by molar-refractivity contribution is 5.76. The number of H-pyrrole nitrogens is 1. The minimum atomic E-state index is -4.43. The summed E-state index contributed by atoms with van der Waals surface area (Å²) in [5.41, 5.74) is 2.45. The minimum Gasteiger partial charge on any atom is -0.345 e. The second kappa shape index (κ2) is 6.43. The van der Waals surface area contributed by atoms with Gasteiger partial charge < -0.3 is 15.2 Å². The Kier molecular flexibility index (Phi) is 4.20. The predicted molar refractivity (Wildman–Crippen MR) is 92.4 cm³/mol. The molecule has 1 saturated heterocycles. The highest BCUT2D eigenvalue weighted by atomic mass is 19.4. The van der Waals surface area contributed by atoms with Gasteiger partial charge >= 0.3 is 12.2 Å². The van der Waals surface area contributed by atoms with Crippen LogP contribution < -0.4 is 5.32 Å². The summed E-state index contributed by atoms with van der Waals surface area (Å²) in [7, 11) is 0. The molecule has 3 aromatic heterocycles. The van der Waals surface area contributed by atoms with Crippen LogP contribution in [0.15, 0.2) is 24.7 Å². The summed E-state index contributed by atoms with van der Waals surface area (Å²) in [4.78, 5) is 25.6. The Hall–Kier alpha value is -2.78. The van der Waals surface area contributed by atoms with Crippen LogP contribution in [0, 0.1) is 5.92 Å². The molecule has 2 amide bonds. The fraction of sp³-hybridized carbons (Fsp3) is 0.471. The fourth-order valence-corrected chi connectivity index (χ4v) is 3.79. The molecule has 1 aliphatic heterocycles. The second-order valence-corrected chi connectivity index (χ2v) is 6.80. The molecule has 2 N–H and O–H groups in total. The Labute approximate surface area is 152 Å². The van der Waals surface area contributed by atoms with Gasteiger partial charge in [-0.25, -0.2) is 14.8 Å². The number of aromatic nitrogens is 4. The van der Waals surface area contributed by atoms with Crippen LogP contribution in [0.2, 0.25) is 0 Å². The van der Waals surface area contributed by atoms with Gasteiger partial charge in [0.1, 0.15) is 12.4 Å². The van der Waals surface area contributed by atoms with E-state index >= 15 is 0 Å². The molecule has 0 spiro atoms. The number of carbonyl (C=O) groups is 1. The van der Waals surface area contributed by atoms with Crippen LogP contribution in [-0.2, 0) is 0 Å². The average molecular weight is 380 g/mol. The molecule has 4 rings (SSSR count). The van der Waals surface area contributed by atoms with Gasteiger partial charge in [0.05, 0.1) is 23.4 Å². The molecule has 3 aromatic rings. The van der Waals surface area contributed by atoms with Gasteiger partial charge in [0.2, 0.25) is 0 Å². The van der Waals surface area contributed by atoms with Crippen molar-refractivity contribution in [2.75, 3.05) is 19.6 Å². The number of alkyl halides is 3. The number of halogens is 3.